The van der Waals surface area contributed by atoms with Crippen molar-refractivity contribution < 1.29 is 18.7 Å². The SMILES string of the molecule is CC1CC(C)CN(C(=O)COC(=O)c2c(F)cccc2Cl)C1. The monoisotopic (exact) mass is 327 g/mol. The van der Waals surface area contributed by atoms with Gasteiger partial charge in [0.05, 0.1) is 5.02 Å². The summed E-state index contributed by atoms with van der Waals surface area (Å²) in [5.74, 6) is -1.10. The summed E-state index contributed by atoms with van der Waals surface area (Å²) < 4.78 is 18.5. The number of ether oxygens (including phenoxy) is 1. The lowest BCUT2D eigenvalue weighted by Gasteiger charge is -2.34. The van der Waals surface area contributed by atoms with Gasteiger partial charge in [-0.05, 0) is 30.4 Å². The summed E-state index contributed by atoms with van der Waals surface area (Å²) in [4.78, 5) is 25.7. The van der Waals surface area contributed by atoms with E-state index in [2.05, 4.69) is 13.8 Å². The van der Waals surface area contributed by atoms with E-state index in [4.69, 9.17) is 16.3 Å². The zero-order chi connectivity index (χ0) is 16.3. The van der Waals surface area contributed by atoms with Gasteiger partial charge in [0.25, 0.3) is 5.91 Å². The van der Waals surface area contributed by atoms with Gasteiger partial charge in [0.2, 0.25) is 0 Å². The quantitative estimate of drug-likeness (QED) is 0.801. The van der Waals surface area contributed by atoms with Crippen molar-refractivity contribution in [2.45, 2.75) is 20.3 Å². The van der Waals surface area contributed by atoms with E-state index in [1.54, 1.807) is 4.90 Å². The minimum atomic E-state index is -0.922. The number of piperidine rings is 1. The van der Waals surface area contributed by atoms with Crippen LogP contribution in [-0.2, 0) is 9.53 Å². The number of benzene rings is 1. The second-order valence-corrected chi connectivity index (χ2v) is 6.32. The van der Waals surface area contributed by atoms with Crippen molar-refractivity contribution in [1.82, 2.24) is 4.90 Å². The summed E-state index contributed by atoms with van der Waals surface area (Å²) in [6.07, 6.45) is 1.08. The van der Waals surface area contributed by atoms with E-state index in [1.807, 2.05) is 0 Å². The molecule has 1 aliphatic heterocycles. The van der Waals surface area contributed by atoms with Crippen LogP contribution >= 0.6 is 11.6 Å². The molecule has 1 saturated heterocycles. The maximum Gasteiger partial charge on any atom is 0.343 e. The standard InChI is InChI=1S/C16H19ClFNO3/c1-10-6-11(2)8-19(7-10)14(20)9-22-16(21)15-12(17)4-3-5-13(15)18/h3-5,10-11H,6-9H2,1-2H3. The number of amides is 1. The first-order chi connectivity index (χ1) is 10.4. The Bertz CT molecular complexity index is 548. The van der Waals surface area contributed by atoms with Crippen LogP contribution in [0.4, 0.5) is 4.39 Å². The zero-order valence-corrected chi connectivity index (χ0v) is 13.4. The molecule has 4 nitrogen and oxygen atoms in total. The summed E-state index contributed by atoms with van der Waals surface area (Å²) in [6.45, 7) is 5.08. The summed E-state index contributed by atoms with van der Waals surface area (Å²) in [5, 5.41) is -0.0299. The number of esters is 1. The number of hydrogen-bond donors (Lipinski definition) is 0. The molecule has 0 N–H and O–H groups in total. The van der Waals surface area contributed by atoms with Crippen LogP contribution in [0, 0.1) is 17.7 Å². The third-order valence-corrected chi connectivity index (χ3v) is 4.03. The number of carbonyl (C=O) groups is 2. The van der Waals surface area contributed by atoms with Crippen molar-refractivity contribution in [3.05, 3.63) is 34.6 Å². The van der Waals surface area contributed by atoms with Gasteiger partial charge in [-0.2, -0.15) is 0 Å². The molecule has 1 amide bonds. The van der Waals surface area contributed by atoms with Crippen molar-refractivity contribution in [2.24, 2.45) is 11.8 Å². The van der Waals surface area contributed by atoms with Gasteiger partial charge >= 0.3 is 5.97 Å². The van der Waals surface area contributed by atoms with Gasteiger partial charge < -0.3 is 9.64 Å². The third kappa shape index (κ3) is 3.97. The lowest BCUT2D eigenvalue weighted by Crippen LogP contribution is -2.44. The van der Waals surface area contributed by atoms with Crippen molar-refractivity contribution in [2.75, 3.05) is 19.7 Å². The van der Waals surface area contributed by atoms with Crippen LogP contribution in [0.25, 0.3) is 0 Å². The first kappa shape index (κ1) is 16.7. The molecule has 120 valence electrons. The molecule has 0 aromatic heterocycles. The molecule has 0 spiro atoms. The summed E-state index contributed by atoms with van der Waals surface area (Å²) >= 11 is 5.79. The Morgan fingerprint density at radius 2 is 1.95 bits per heavy atom. The molecule has 0 radical (unpaired) electrons. The summed E-state index contributed by atoms with van der Waals surface area (Å²) in [6, 6.07) is 3.92. The van der Waals surface area contributed by atoms with Gasteiger partial charge in [0.15, 0.2) is 6.61 Å². The van der Waals surface area contributed by atoms with Gasteiger partial charge in [0.1, 0.15) is 11.4 Å². The third-order valence-electron chi connectivity index (χ3n) is 3.72. The lowest BCUT2D eigenvalue weighted by molar-refractivity contribution is -0.137. The number of rotatable bonds is 3. The second kappa shape index (κ2) is 7.09. The summed E-state index contributed by atoms with van der Waals surface area (Å²) in [7, 11) is 0. The molecule has 2 rings (SSSR count). The smallest absolute Gasteiger partial charge is 0.343 e. The molecule has 1 aliphatic rings. The largest absolute Gasteiger partial charge is 0.452 e. The van der Waals surface area contributed by atoms with Gasteiger partial charge in [-0.1, -0.05) is 31.5 Å². The van der Waals surface area contributed by atoms with Crippen LogP contribution in [0.1, 0.15) is 30.6 Å². The topological polar surface area (TPSA) is 46.6 Å². The Kier molecular flexibility index (Phi) is 5.40. The van der Waals surface area contributed by atoms with Gasteiger partial charge in [-0.3, -0.25) is 4.79 Å². The minimum absolute atomic E-state index is 0.0299. The molecule has 1 aromatic rings. The average Bonchev–Trinajstić information content (AvgIpc) is 2.43. The van der Waals surface area contributed by atoms with Crippen molar-refractivity contribution in [3.63, 3.8) is 0 Å². The molecule has 2 atom stereocenters. The van der Waals surface area contributed by atoms with Gasteiger partial charge in [-0.25, -0.2) is 9.18 Å². The Balaban J connectivity index is 1.95. The normalized spacial score (nSPS) is 21.5. The highest BCUT2D eigenvalue weighted by molar-refractivity contribution is 6.33. The maximum absolute atomic E-state index is 13.6. The minimum Gasteiger partial charge on any atom is -0.452 e. The Hall–Kier alpha value is -1.62. The fourth-order valence-corrected chi connectivity index (χ4v) is 3.09. The number of hydrogen-bond acceptors (Lipinski definition) is 3. The summed E-state index contributed by atoms with van der Waals surface area (Å²) in [5.41, 5.74) is -0.336. The van der Waals surface area contributed by atoms with Crippen LogP contribution in [0.3, 0.4) is 0 Å². The maximum atomic E-state index is 13.6. The fourth-order valence-electron chi connectivity index (χ4n) is 2.85. The van der Waals surface area contributed by atoms with E-state index in [9.17, 15) is 14.0 Å². The molecule has 0 bridgehead atoms. The molecule has 22 heavy (non-hydrogen) atoms. The van der Waals surface area contributed by atoms with E-state index < -0.39 is 18.4 Å². The van der Waals surface area contributed by atoms with Crippen molar-refractivity contribution >= 4 is 23.5 Å². The fraction of sp³-hybridized carbons (Fsp3) is 0.500. The molecule has 0 saturated carbocycles. The van der Waals surface area contributed by atoms with E-state index in [-0.39, 0.29) is 16.5 Å². The predicted molar refractivity (Wildman–Crippen MR) is 81.2 cm³/mol. The highest BCUT2D eigenvalue weighted by Gasteiger charge is 2.26. The van der Waals surface area contributed by atoms with Crippen LogP contribution in [0.15, 0.2) is 18.2 Å². The predicted octanol–water partition coefficient (Wildman–Crippen LogP) is 3.14. The Labute approximate surface area is 134 Å². The molecule has 6 heteroatoms. The van der Waals surface area contributed by atoms with E-state index in [0.29, 0.717) is 24.9 Å². The highest BCUT2D eigenvalue weighted by atomic mass is 35.5. The zero-order valence-electron chi connectivity index (χ0n) is 12.6. The van der Waals surface area contributed by atoms with Crippen molar-refractivity contribution in [3.8, 4) is 0 Å². The van der Waals surface area contributed by atoms with Crippen LogP contribution in [-0.4, -0.2) is 36.5 Å². The van der Waals surface area contributed by atoms with Gasteiger partial charge in [-0.15, -0.1) is 0 Å². The average molecular weight is 328 g/mol. The van der Waals surface area contributed by atoms with Gasteiger partial charge in [0, 0.05) is 13.1 Å². The number of carbonyl (C=O) groups excluding carboxylic acids is 2. The molecular weight excluding hydrogens is 309 g/mol. The molecule has 0 aliphatic carbocycles. The van der Waals surface area contributed by atoms with E-state index in [0.717, 1.165) is 12.5 Å². The Morgan fingerprint density at radius 3 is 2.55 bits per heavy atom. The first-order valence-electron chi connectivity index (χ1n) is 7.27. The molecule has 1 fully saturated rings. The molecule has 2 unspecified atom stereocenters. The number of halogens is 2. The Morgan fingerprint density at radius 1 is 1.32 bits per heavy atom. The lowest BCUT2D eigenvalue weighted by atomic mass is 9.92. The highest BCUT2D eigenvalue weighted by Crippen LogP contribution is 2.22. The van der Waals surface area contributed by atoms with Crippen molar-refractivity contribution in [1.29, 1.82) is 0 Å². The van der Waals surface area contributed by atoms with Crippen LogP contribution in [0.5, 0.6) is 0 Å². The van der Waals surface area contributed by atoms with E-state index >= 15 is 0 Å². The second-order valence-electron chi connectivity index (χ2n) is 5.92. The molecular formula is C16H19ClFNO3. The first-order valence-corrected chi connectivity index (χ1v) is 7.65. The van der Waals surface area contributed by atoms with Crippen LogP contribution in [0.2, 0.25) is 5.02 Å². The molecule has 1 heterocycles. The number of likely N-dealkylation sites (tertiary alicyclic amines) is 1. The number of nitrogens with zero attached hydrogens (tertiary/aromatic N) is 1. The molecule has 1 aromatic carbocycles. The van der Waals surface area contributed by atoms with Crippen LogP contribution < -0.4 is 0 Å². The van der Waals surface area contributed by atoms with E-state index in [1.165, 1.54) is 12.1 Å².